The molecule has 56 valence electrons. The summed E-state index contributed by atoms with van der Waals surface area (Å²) in [7, 11) is 0. The molecule has 0 spiro atoms. The van der Waals surface area contributed by atoms with Crippen molar-refractivity contribution in [2.75, 3.05) is 0 Å². The quantitative estimate of drug-likeness (QED) is 0.701. The van der Waals surface area contributed by atoms with Gasteiger partial charge in [-0.2, -0.15) is 5.26 Å². The molecule has 1 aromatic rings. The minimum Gasteiger partial charge on any atom is -0.301 e. The Morgan fingerprint density at radius 2 is 2.45 bits per heavy atom. The molecule has 0 atom stereocenters. The van der Waals surface area contributed by atoms with Gasteiger partial charge in [0, 0.05) is 6.20 Å². The summed E-state index contributed by atoms with van der Waals surface area (Å²) in [6.07, 6.45) is 1.58. The first-order valence-electron chi connectivity index (χ1n) is 2.97. The number of pyridine rings is 1. The van der Waals surface area contributed by atoms with Crippen molar-refractivity contribution in [3.63, 3.8) is 0 Å². The van der Waals surface area contributed by atoms with Crippen LogP contribution in [0.25, 0.3) is 0 Å². The molecule has 1 heterocycles. The minimum absolute atomic E-state index is 0.0955. The highest BCUT2D eigenvalue weighted by atomic mass is 79.9. The molecule has 0 radical (unpaired) electrons. The lowest BCUT2D eigenvalue weighted by Gasteiger charge is -1.97. The minimum atomic E-state index is -0.172. The average Bonchev–Trinajstić information content (AvgIpc) is 1.99. The Labute approximate surface area is 72.0 Å². The molecule has 0 saturated carbocycles. The van der Waals surface area contributed by atoms with E-state index in [-0.39, 0.29) is 12.1 Å². The predicted molar refractivity (Wildman–Crippen MR) is 44.0 cm³/mol. The Morgan fingerprint density at radius 3 is 3.09 bits per heavy atom. The van der Waals surface area contributed by atoms with Crippen LogP contribution in [-0.2, 0) is 6.54 Å². The molecule has 0 N–H and O–H groups in total. The molecule has 0 fully saturated rings. The Balaban J connectivity index is 3.20. The summed E-state index contributed by atoms with van der Waals surface area (Å²) in [6, 6.07) is 5.25. The summed E-state index contributed by atoms with van der Waals surface area (Å²) < 4.78 is 1.82. The molecule has 0 aliphatic heterocycles. The largest absolute Gasteiger partial charge is 0.301 e. The molecule has 0 bridgehead atoms. The highest BCUT2D eigenvalue weighted by molar-refractivity contribution is 9.10. The fourth-order valence-electron chi connectivity index (χ4n) is 0.708. The molecule has 0 aliphatic carbocycles. The molecule has 0 aliphatic rings. The Hall–Kier alpha value is -1.08. The zero-order valence-electron chi connectivity index (χ0n) is 5.62. The third-order valence-electron chi connectivity index (χ3n) is 1.21. The number of nitrogens with zero attached hydrogens (tertiary/aromatic N) is 2. The second kappa shape index (κ2) is 3.35. The Kier molecular flexibility index (Phi) is 2.44. The normalized spacial score (nSPS) is 9.09. The first-order valence-corrected chi connectivity index (χ1v) is 3.77. The fraction of sp³-hybridized carbons (Fsp3) is 0.143. The van der Waals surface area contributed by atoms with E-state index in [2.05, 4.69) is 15.9 Å². The lowest BCUT2D eigenvalue weighted by Crippen LogP contribution is -2.18. The van der Waals surface area contributed by atoms with Crippen LogP contribution in [0.1, 0.15) is 0 Å². The molecule has 0 saturated heterocycles. The van der Waals surface area contributed by atoms with Crippen molar-refractivity contribution >= 4 is 15.9 Å². The van der Waals surface area contributed by atoms with E-state index in [1.54, 1.807) is 18.3 Å². The SMILES string of the molecule is N#CCn1cccc(Br)c1=O. The van der Waals surface area contributed by atoms with E-state index in [1.165, 1.54) is 4.57 Å². The maximum atomic E-state index is 11.1. The number of aromatic nitrogens is 1. The van der Waals surface area contributed by atoms with Gasteiger partial charge < -0.3 is 4.57 Å². The number of nitriles is 1. The molecular formula is C7H5BrN2O. The van der Waals surface area contributed by atoms with Crippen molar-refractivity contribution < 1.29 is 0 Å². The Bertz CT molecular complexity index is 350. The number of rotatable bonds is 1. The van der Waals surface area contributed by atoms with Crippen molar-refractivity contribution in [3.05, 3.63) is 33.2 Å². The summed E-state index contributed by atoms with van der Waals surface area (Å²) in [5.41, 5.74) is -0.172. The Morgan fingerprint density at radius 1 is 1.73 bits per heavy atom. The van der Waals surface area contributed by atoms with E-state index in [1.807, 2.05) is 6.07 Å². The molecule has 0 aromatic carbocycles. The van der Waals surface area contributed by atoms with E-state index in [9.17, 15) is 4.79 Å². The maximum absolute atomic E-state index is 11.1. The van der Waals surface area contributed by atoms with Gasteiger partial charge in [0.1, 0.15) is 6.54 Å². The van der Waals surface area contributed by atoms with E-state index >= 15 is 0 Å². The van der Waals surface area contributed by atoms with Crippen LogP contribution < -0.4 is 5.56 Å². The first-order chi connectivity index (χ1) is 5.25. The van der Waals surface area contributed by atoms with Crippen molar-refractivity contribution in [1.82, 2.24) is 4.57 Å². The molecule has 0 unspecified atom stereocenters. The number of halogens is 1. The lowest BCUT2D eigenvalue weighted by atomic mass is 10.5. The van der Waals surface area contributed by atoms with E-state index in [0.29, 0.717) is 4.47 Å². The van der Waals surface area contributed by atoms with Gasteiger partial charge in [0.2, 0.25) is 0 Å². The van der Waals surface area contributed by atoms with Crippen LogP contribution >= 0.6 is 15.9 Å². The van der Waals surface area contributed by atoms with Crippen LogP contribution in [-0.4, -0.2) is 4.57 Å². The molecule has 1 rings (SSSR count). The zero-order chi connectivity index (χ0) is 8.27. The molecular weight excluding hydrogens is 208 g/mol. The van der Waals surface area contributed by atoms with E-state index in [4.69, 9.17) is 5.26 Å². The lowest BCUT2D eigenvalue weighted by molar-refractivity contribution is 0.783. The summed E-state index contributed by atoms with van der Waals surface area (Å²) in [5, 5.41) is 8.31. The van der Waals surface area contributed by atoms with Gasteiger partial charge in [-0.25, -0.2) is 0 Å². The third kappa shape index (κ3) is 1.69. The van der Waals surface area contributed by atoms with Crippen LogP contribution in [0, 0.1) is 11.3 Å². The van der Waals surface area contributed by atoms with E-state index in [0.717, 1.165) is 0 Å². The highest BCUT2D eigenvalue weighted by Crippen LogP contribution is 1.99. The van der Waals surface area contributed by atoms with Crippen molar-refractivity contribution in [2.45, 2.75) is 6.54 Å². The van der Waals surface area contributed by atoms with Gasteiger partial charge >= 0.3 is 0 Å². The smallest absolute Gasteiger partial charge is 0.265 e. The van der Waals surface area contributed by atoms with Gasteiger partial charge in [-0.15, -0.1) is 0 Å². The monoisotopic (exact) mass is 212 g/mol. The van der Waals surface area contributed by atoms with Crippen molar-refractivity contribution in [1.29, 1.82) is 5.26 Å². The molecule has 4 heteroatoms. The highest BCUT2D eigenvalue weighted by Gasteiger charge is 1.96. The number of hydrogen-bond donors (Lipinski definition) is 0. The standard InChI is InChI=1S/C7H5BrN2O/c8-6-2-1-4-10(5-3-9)7(6)11/h1-2,4H,5H2. The summed E-state index contributed by atoms with van der Waals surface area (Å²) in [4.78, 5) is 11.1. The van der Waals surface area contributed by atoms with Gasteiger partial charge in [-0.05, 0) is 28.1 Å². The molecule has 11 heavy (non-hydrogen) atoms. The fourth-order valence-corrected chi connectivity index (χ4v) is 1.09. The average molecular weight is 213 g/mol. The van der Waals surface area contributed by atoms with E-state index < -0.39 is 0 Å². The first kappa shape index (κ1) is 8.02. The van der Waals surface area contributed by atoms with Gasteiger partial charge in [-0.3, -0.25) is 4.79 Å². The van der Waals surface area contributed by atoms with Crippen LogP contribution in [0.3, 0.4) is 0 Å². The second-order valence-corrected chi connectivity index (χ2v) is 2.80. The van der Waals surface area contributed by atoms with Crippen LogP contribution in [0.5, 0.6) is 0 Å². The third-order valence-corrected chi connectivity index (χ3v) is 1.82. The van der Waals surface area contributed by atoms with Crippen LogP contribution in [0.15, 0.2) is 27.6 Å². The molecule has 3 nitrogen and oxygen atoms in total. The summed E-state index contributed by atoms with van der Waals surface area (Å²) in [6.45, 7) is 0.0955. The topological polar surface area (TPSA) is 45.8 Å². The van der Waals surface area contributed by atoms with Gasteiger partial charge in [0.05, 0.1) is 10.5 Å². The van der Waals surface area contributed by atoms with Crippen molar-refractivity contribution in [2.24, 2.45) is 0 Å². The van der Waals surface area contributed by atoms with Gasteiger partial charge in [0.25, 0.3) is 5.56 Å². The summed E-state index contributed by atoms with van der Waals surface area (Å²) in [5.74, 6) is 0. The van der Waals surface area contributed by atoms with Crippen LogP contribution in [0.4, 0.5) is 0 Å². The van der Waals surface area contributed by atoms with Crippen LogP contribution in [0.2, 0.25) is 0 Å². The predicted octanol–water partition coefficient (Wildman–Crippen LogP) is 1.13. The maximum Gasteiger partial charge on any atom is 0.265 e. The van der Waals surface area contributed by atoms with Gasteiger partial charge in [-0.1, -0.05) is 0 Å². The second-order valence-electron chi connectivity index (χ2n) is 1.95. The molecule has 0 amide bonds. The summed E-state index contributed by atoms with van der Waals surface area (Å²) >= 11 is 3.07. The van der Waals surface area contributed by atoms with Crippen molar-refractivity contribution in [3.8, 4) is 6.07 Å². The van der Waals surface area contributed by atoms with Gasteiger partial charge in [0.15, 0.2) is 0 Å². The number of hydrogen-bond acceptors (Lipinski definition) is 2. The zero-order valence-corrected chi connectivity index (χ0v) is 7.21. The molecule has 1 aromatic heterocycles.